The molecule has 3 nitrogen and oxygen atoms in total. The molecule has 1 unspecified atom stereocenters. The van der Waals surface area contributed by atoms with Crippen molar-refractivity contribution in [3.05, 3.63) is 12.7 Å². The molecular formula is C9H16N2O. The van der Waals surface area contributed by atoms with Crippen LogP contribution in [0.15, 0.2) is 12.7 Å². The monoisotopic (exact) mass is 168 g/mol. The molecule has 0 aliphatic carbocycles. The SMILES string of the molecule is C=CC(=O)N(C)C1CCCN1C. The molecule has 1 saturated heterocycles. The predicted molar refractivity (Wildman–Crippen MR) is 48.6 cm³/mol. The number of hydrogen-bond donors (Lipinski definition) is 0. The number of likely N-dealkylation sites (N-methyl/N-ethyl adjacent to an activating group) is 1. The Morgan fingerprint density at radius 2 is 2.42 bits per heavy atom. The zero-order chi connectivity index (χ0) is 9.14. The van der Waals surface area contributed by atoms with Gasteiger partial charge in [0, 0.05) is 7.05 Å². The lowest BCUT2D eigenvalue weighted by Gasteiger charge is -2.28. The molecule has 1 atom stereocenters. The number of rotatable bonds is 2. The molecule has 0 aromatic rings. The van der Waals surface area contributed by atoms with Gasteiger partial charge in [0.1, 0.15) is 0 Å². The Morgan fingerprint density at radius 1 is 1.75 bits per heavy atom. The van der Waals surface area contributed by atoms with E-state index in [1.165, 1.54) is 12.5 Å². The summed E-state index contributed by atoms with van der Waals surface area (Å²) in [5.41, 5.74) is 0. The predicted octanol–water partition coefficient (Wildman–Crippen LogP) is 0.682. The molecule has 0 spiro atoms. The number of carbonyl (C=O) groups excluding carboxylic acids is 1. The molecule has 3 heteroatoms. The van der Waals surface area contributed by atoms with Crippen LogP contribution in [-0.2, 0) is 4.79 Å². The first kappa shape index (κ1) is 9.26. The summed E-state index contributed by atoms with van der Waals surface area (Å²) in [6.07, 6.45) is 3.89. The van der Waals surface area contributed by atoms with Gasteiger partial charge in [-0.05, 0) is 32.5 Å². The minimum atomic E-state index is 0.00810. The lowest BCUT2D eigenvalue weighted by atomic mass is 10.3. The second-order valence-corrected chi connectivity index (χ2v) is 3.26. The normalized spacial score (nSPS) is 24.0. The number of hydrogen-bond acceptors (Lipinski definition) is 2. The standard InChI is InChI=1S/C9H16N2O/c1-4-9(12)11(3)8-6-5-7-10(8)2/h4,8H,1,5-7H2,2-3H3. The Kier molecular flexibility index (Phi) is 2.87. The van der Waals surface area contributed by atoms with Crippen molar-refractivity contribution in [2.45, 2.75) is 19.0 Å². The van der Waals surface area contributed by atoms with Gasteiger partial charge in [0.25, 0.3) is 0 Å². The molecule has 1 rings (SSSR count). The Morgan fingerprint density at radius 3 is 2.83 bits per heavy atom. The molecule has 0 saturated carbocycles. The Hall–Kier alpha value is -0.830. The molecule has 68 valence electrons. The molecule has 1 aliphatic heterocycles. The molecule has 1 aliphatic rings. The fourth-order valence-electron chi connectivity index (χ4n) is 1.67. The summed E-state index contributed by atoms with van der Waals surface area (Å²) in [4.78, 5) is 15.2. The third kappa shape index (κ3) is 1.67. The van der Waals surface area contributed by atoms with E-state index in [1.807, 2.05) is 14.1 Å². The van der Waals surface area contributed by atoms with Crippen molar-refractivity contribution in [2.75, 3.05) is 20.6 Å². The van der Waals surface area contributed by atoms with Gasteiger partial charge in [0.2, 0.25) is 5.91 Å². The fraction of sp³-hybridized carbons (Fsp3) is 0.667. The van der Waals surface area contributed by atoms with Gasteiger partial charge in [-0.15, -0.1) is 0 Å². The van der Waals surface area contributed by atoms with Crippen LogP contribution in [-0.4, -0.2) is 42.5 Å². The third-order valence-electron chi connectivity index (χ3n) is 2.45. The molecule has 0 radical (unpaired) electrons. The highest BCUT2D eigenvalue weighted by molar-refractivity contribution is 5.86. The quantitative estimate of drug-likeness (QED) is 0.566. The maximum atomic E-state index is 11.2. The summed E-state index contributed by atoms with van der Waals surface area (Å²) < 4.78 is 0. The van der Waals surface area contributed by atoms with Crippen molar-refractivity contribution >= 4 is 5.91 Å². The maximum Gasteiger partial charge on any atom is 0.246 e. The minimum Gasteiger partial charge on any atom is -0.327 e. The second kappa shape index (κ2) is 3.72. The average Bonchev–Trinajstić information content (AvgIpc) is 2.48. The number of amides is 1. The third-order valence-corrected chi connectivity index (χ3v) is 2.45. The Labute approximate surface area is 73.6 Å². The van der Waals surface area contributed by atoms with Crippen LogP contribution < -0.4 is 0 Å². The van der Waals surface area contributed by atoms with Crippen molar-refractivity contribution in [1.82, 2.24) is 9.80 Å². The van der Waals surface area contributed by atoms with Crippen molar-refractivity contribution in [3.63, 3.8) is 0 Å². The van der Waals surface area contributed by atoms with Gasteiger partial charge in [-0.3, -0.25) is 9.69 Å². The molecule has 12 heavy (non-hydrogen) atoms. The van der Waals surface area contributed by atoms with Crippen LogP contribution in [0, 0.1) is 0 Å². The summed E-state index contributed by atoms with van der Waals surface area (Å²) in [5.74, 6) is 0.00810. The smallest absolute Gasteiger partial charge is 0.246 e. The summed E-state index contributed by atoms with van der Waals surface area (Å²) in [5, 5.41) is 0. The van der Waals surface area contributed by atoms with E-state index in [0.29, 0.717) is 0 Å². The van der Waals surface area contributed by atoms with Crippen LogP contribution in [0.1, 0.15) is 12.8 Å². The van der Waals surface area contributed by atoms with Crippen molar-refractivity contribution < 1.29 is 4.79 Å². The van der Waals surface area contributed by atoms with Crippen LogP contribution in [0.4, 0.5) is 0 Å². The van der Waals surface area contributed by atoms with Gasteiger partial charge in [0.15, 0.2) is 0 Å². The van der Waals surface area contributed by atoms with Gasteiger partial charge in [-0.25, -0.2) is 0 Å². The number of nitrogens with zero attached hydrogens (tertiary/aromatic N) is 2. The van der Waals surface area contributed by atoms with Crippen LogP contribution in [0.5, 0.6) is 0 Å². The second-order valence-electron chi connectivity index (χ2n) is 3.26. The van der Waals surface area contributed by atoms with Gasteiger partial charge in [-0.1, -0.05) is 6.58 Å². The van der Waals surface area contributed by atoms with E-state index in [4.69, 9.17) is 0 Å². The zero-order valence-electron chi connectivity index (χ0n) is 7.79. The summed E-state index contributed by atoms with van der Waals surface area (Å²) in [6.45, 7) is 4.55. The highest BCUT2D eigenvalue weighted by Gasteiger charge is 2.26. The molecule has 0 N–H and O–H groups in total. The Balaban J connectivity index is 2.56. The fourth-order valence-corrected chi connectivity index (χ4v) is 1.67. The van der Waals surface area contributed by atoms with Crippen LogP contribution in [0.25, 0.3) is 0 Å². The van der Waals surface area contributed by atoms with Crippen LogP contribution in [0.2, 0.25) is 0 Å². The Bertz CT molecular complexity index is 191. The van der Waals surface area contributed by atoms with E-state index in [0.717, 1.165) is 13.0 Å². The average molecular weight is 168 g/mol. The van der Waals surface area contributed by atoms with Crippen molar-refractivity contribution in [2.24, 2.45) is 0 Å². The highest BCUT2D eigenvalue weighted by Crippen LogP contribution is 2.17. The van der Waals surface area contributed by atoms with Crippen LogP contribution >= 0.6 is 0 Å². The first-order valence-electron chi connectivity index (χ1n) is 4.26. The first-order chi connectivity index (χ1) is 5.66. The summed E-state index contributed by atoms with van der Waals surface area (Å²) in [7, 11) is 3.88. The van der Waals surface area contributed by atoms with E-state index < -0.39 is 0 Å². The van der Waals surface area contributed by atoms with Gasteiger partial charge >= 0.3 is 0 Å². The zero-order valence-corrected chi connectivity index (χ0v) is 7.79. The van der Waals surface area contributed by atoms with Crippen molar-refractivity contribution in [3.8, 4) is 0 Å². The summed E-state index contributed by atoms with van der Waals surface area (Å²) in [6, 6.07) is 0. The topological polar surface area (TPSA) is 23.6 Å². The highest BCUT2D eigenvalue weighted by atomic mass is 16.2. The lowest BCUT2D eigenvalue weighted by Crippen LogP contribution is -2.43. The first-order valence-corrected chi connectivity index (χ1v) is 4.26. The molecule has 1 heterocycles. The van der Waals surface area contributed by atoms with E-state index in [9.17, 15) is 4.79 Å². The summed E-state index contributed by atoms with van der Waals surface area (Å²) >= 11 is 0. The van der Waals surface area contributed by atoms with E-state index in [-0.39, 0.29) is 12.1 Å². The van der Waals surface area contributed by atoms with E-state index in [1.54, 1.807) is 4.90 Å². The molecule has 0 aromatic carbocycles. The lowest BCUT2D eigenvalue weighted by molar-refractivity contribution is -0.129. The molecule has 1 fully saturated rings. The minimum absolute atomic E-state index is 0.00810. The number of likely N-dealkylation sites (tertiary alicyclic amines) is 1. The molecule has 0 aromatic heterocycles. The largest absolute Gasteiger partial charge is 0.327 e. The molecule has 1 amide bonds. The molecule has 0 bridgehead atoms. The molecular weight excluding hydrogens is 152 g/mol. The van der Waals surface area contributed by atoms with E-state index >= 15 is 0 Å². The van der Waals surface area contributed by atoms with Gasteiger partial charge in [0.05, 0.1) is 6.17 Å². The van der Waals surface area contributed by atoms with Gasteiger partial charge < -0.3 is 4.90 Å². The number of carbonyl (C=O) groups is 1. The van der Waals surface area contributed by atoms with E-state index in [2.05, 4.69) is 11.5 Å². The van der Waals surface area contributed by atoms with Crippen LogP contribution in [0.3, 0.4) is 0 Å². The van der Waals surface area contributed by atoms with Gasteiger partial charge in [-0.2, -0.15) is 0 Å². The maximum absolute atomic E-state index is 11.2. The van der Waals surface area contributed by atoms with Crippen molar-refractivity contribution in [1.29, 1.82) is 0 Å².